The van der Waals surface area contributed by atoms with Gasteiger partial charge in [-0.2, -0.15) is 0 Å². The molecule has 3 N–H and O–H groups in total. The molecule has 38 heavy (non-hydrogen) atoms. The maximum atomic E-state index is 13.0. The number of aromatic nitrogens is 2. The van der Waals surface area contributed by atoms with Gasteiger partial charge in [-0.1, -0.05) is 30.3 Å². The minimum absolute atomic E-state index is 0.107. The van der Waals surface area contributed by atoms with Crippen molar-refractivity contribution in [3.8, 4) is 22.8 Å². The maximum absolute atomic E-state index is 13.0. The van der Waals surface area contributed by atoms with Crippen LogP contribution in [0.25, 0.3) is 16.9 Å². The number of esters is 1. The van der Waals surface area contributed by atoms with Crippen LogP contribution >= 0.6 is 0 Å². The molecule has 1 amide bonds. The molecule has 1 aliphatic rings. The van der Waals surface area contributed by atoms with Crippen LogP contribution in [0, 0.1) is 0 Å². The predicted octanol–water partition coefficient (Wildman–Crippen LogP) is 2.74. The molecule has 4 aromatic rings. The molecule has 2 aromatic heterocycles. The molecule has 1 atom stereocenters. The lowest BCUT2D eigenvalue weighted by Crippen LogP contribution is -2.42. The Morgan fingerprint density at radius 2 is 1.87 bits per heavy atom. The molecule has 0 bridgehead atoms. The van der Waals surface area contributed by atoms with Crippen molar-refractivity contribution < 1.29 is 33.7 Å². The van der Waals surface area contributed by atoms with Crippen LogP contribution in [0.3, 0.4) is 0 Å². The van der Waals surface area contributed by atoms with Crippen LogP contribution in [-0.4, -0.2) is 58.8 Å². The van der Waals surface area contributed by atoms with Gasteiger partial charge in [0, 0.05) is 23.7 Å². The van der Waals surface area contributed by atoms with Crippen molar-refractivity contribution in [3.63, 3.8) is 0 Å². The predicted molar refractivity (Wildman–Crippen MR) is 136 cm³/mol. The second-order valence-electron chi connectivity index (χ2n) is 8.50. The van der Waals surface area contributed by atoms with E-state index < -0.39 is 23.9 Å². The quantitative estimate of drug-likeness (QED) is 0.286. The smallest absolute Gasteiger partial charge is 0.326 e. The van der Waals surface area contributed by atoms with Gasteiger partial charge in [-0.05, 0) is 35.9 Å². The van der Waals surface area contributed by atoms with E-state index in [9.17, 15) is 19.5 Å². The summed E-state index contributed by atoms with van der Waals surface area (Å²) in [6, 6.07) is 16.4. The Balaban J connectivity index is 1.46. The van der Waals surface area contributed by atoms with E-state index in [4.69, 9.17) is 19.2 Å². The number of aliphatic carboxylic acids is 1. The summed E-state index contributed by atoms with van der Waals surface area (Å²) in [6.45, 7) is 0.0152. The molecule has 2 aromatic carbocycles. The number of nitrogens with one attached hydrogen (secondary N) is 2. The fourth-order valence-corrected chi connectivity index (χ4v) is 4.12. The van der Waals surface area contributed by atoms with E-state index in [0.29, 0.717) is 34.2 Å². The molecule has 0 aliphatic carbocycles. The highest BCUT2D eigenvalue weighted by Crippen LogP contribution is 2.38. The zero-order valence-corrected chi connectivity index (χ0v) is 20.3. The van der Waals surface area contributed by atoms with E-state index in [2.05, 4.69) is 10.6 Å². The zero-order chi connectivity index (χ0) is 26.6. The number of carbonyl (C=O) groups is 3. The second-order valence-corrected chi connectivity index (χ2v) is 8.50. The molecule has 0 saturated heterocycles. The summed E-state index contributed by atoms with van der Waals surface area (Å²) in [7, 11) is 1.30. The van der Waals surface area contributed by atoms with Gasteiger partial charge in [0.05, 0.1) is 7.11 Å². The number of nitrogens with zero attached hydrogens (tertiary/aromatic N) is 2. The lowest BCUT2D eigenvalue weighted by molar-refractivity contribution is -0.139. The number of pyridine rings is 1. The van der Waals surface area contributed by atoms with Gasteiger partial charge in [0.1, 0.15) is 29.7 Å². The van der Waals surface area contributed by atoms with Crippen LogP contribution in [-0.2, 0) is 20.7 Å². The lowest BCUT2D eigenvalue weighted by Gasteiger charge is -2.15. The third kappa shape index (κ3) is 5.07. The van der Waals surface area contributed by atoms with Crippen LogP contribution in [0.2, 0.25) is 0 Å². The van der Waals surface area contributed by atoms with Crippen LogP contribution < -0.4 is 20.1 Å². The first kappa shape index (κ1) is 24.6. The highest BCUT2D eigenvalue weighted by molar-refractivity contribution is 5.97. The Labute approximate surface area is 217 Å². The van der Waals surface area contributed by atoms with Crippen LogP contribution in [0.4, 0.5) is 5.82 Å². The molecular formula is C27H24N4O7. The highest BCUT2D eigenvalue weighted by Gasteiger charge is 2.23. The Bertz CT molecular complexity index is 1520. The largest absolute Gasteiger partial charge is 0.480 e. The topological polar surface area (TPSA) is 140 Å². The first-order valence-electron chi connectivity index (χ1n) is 11.7. The van der Waals surface area contributed by atoms with Gasteiger partial charge in [0.2, 0.25) is 6.79 Å². The number of carboxylic acid groups (broad SMARTS) is 1. The van der Waals surface area contributed by atoms with Crippen LogP contribution in [0.1, 0.15) is 15.9 Å². The number of ether oxygens (including phenoxy) is 3. The number of hydrogen-bond donors (Lipinski definition) is 3. The number of anilines is 1. The number of imidazole rings is 1. The SMILES string of the molecule is COC(=O)CNc1c(-c2ccc3c(c2)OCO3)nc2cc(C(=O)NC(Cc3ccccc3)C(=O)O)ccn12. The van der Waals surface area contributed by atoms with E-state index in [1.807, 2.05) is 24.3 Å². The van der Waals surface area contributed by atoms with Crippen molar-refractivity contribution in [1.29, 1.82) is 0 Å². The van der Waals surface area contributed by atoms with Crippen molar-refractivity contribution in [3.05, 3.63) is 78.0 Å². The molecular weight excluding hydrogens is 492 g/mol. The average Bonchev–Trinajstić information content (AvgIpc) is 3.55. The summed E-state index contributed by atoms with van der Waals surface area (Å²) in [5, 5.41) is 15.3. The van der Waals surface area contributed by atoms with E-state index in [0.717, 1.165) is 5.56 Å². The number of carboxylic acids is 1. The zero-order valence-electron chi connectivity index (χ0n) is 20.3. The maximum Gasteiger partial charge on any atom is 0.326 e. The Kier molecular flexibility index (Phi) is 6.81. The number of amides is 1. The monoisotopic (exact) mass is 516 g/mol. The highest BCUT2D eigenvalue weighted by atomic mass is 16.7. The van der Waals surface area contributed by atoms with Crippen molar-refractivity contribution in [2.24, 2.45) is 0 Å². The summed E-state index contributed by atoms with van der Waals surface area (Å²) in [4.78, 5) is 41.4. The molecule has 5 rings (SSSR count). The van der Waals surface area contributed by atoms with E-state index >= 15 is 0 Å². The van der Waals surface area contributed by atoms with Gasteiger partial charge in [0.15, 0.2) is 11.5 Å². The summed E-state index contributed by atoms with van der Waals surface area (Å²) in [6.07, 6.45) is 1.77. The Hall–Kier alpha value is -5.06. The molecule has 3 heterocycles. The second kappa shape index (κ2) is 10.5. The summed E-state index contributed by atoms with van der Waals surface area (Å²) in [5.74, 6) is -0.467. The number of rotatable bonds is 9. The number of benzene rings is 2. The Morgan fingerprint density at radius 1 is 1.08 bits per heavy atom. The molecule has 0 radical (unpaired) electrons. The third-order valence-electron chi connectivity index (χ3n) is 6.05. The molecule has 1 unspecified atom stereocenters. The first-order valence-corrected chi connectivity index (χ1v) is 11.7. The summed E-state index contributed by atoms with van der Waals surface area (Å²) >= 11 is 0. The Morgan fingerprint density at radius 3 is 2.63 bits per heavy atom. The molecule has 0 spiro atoms. The first-order chi connectivity index (χ1) is 18.4. The van der Waals surface area contributed by atoms with E-state index in [-0.39, 0.29) is 25.3 Å². The van der Waals surface area contributed by atoms with Gasteiger partial charge >= 0.3 is 11.9 Å². The van der Waals surface area contributed by atoms with Gasteiger partial charge in [-0.3, -0.25) is 14.0 Å². The van der Waals surface area contributed by atoms with Crippen LogP contribution in [0.5, 0.6) is 11.5 Å². The van der Waals surface area contributed by atoms with Crippen molar-refractivity contribution in [2.75, 3.05) is 25.8 Å². The molecule has 0 fully saturated rings. The molecule has 0 saturated carbocycles. The van der Waals surface area contributed by atoms with Crippen molar-refractivity contribution >= 4 is 29.3 Å². The molecule has 194 valence electrons. The van der Waals surface area contributed by atoms with Crippen molar-refractivity contribution in [2.45, 2.75) is 12.5 Å². The van der Waals surface area contributed by atoms with Gasteiger partial charge in [-0.25, -0.2) is 9.78 Å². The van der Waals surface area contributed by atoms with Gasteiger partial charge in [0.25, 0.3) is 5.91 Å². The summed E-state index contributed by atoms with van der Waals surface area (Å²) in [5.41, 5.74) is 2.65. The molecule has 11 nitrogen and oxygen atoms in total. The van der Waals surface area contributed by atoms with E-state index in [1.165, 1.54) is 7.11 Å². The fourth-order valence-electron chi connectivity index (χ4n) is 4.12. The van der Waals surface area contributed by atoms with Gasteiger partial charge in [-0.15, -0.1) is 0 Å². The minimum atomic E-state index is -1.14. The number of hydrogen-bond acceptors (Lipinski definition) is 8. The summed E-state index contributed by atoms with van der Waals surface area (Å²) < 4.78 is 17.3. The molecule has 11 heteroatoms. The van der Waals surface area contributed by atoms with Crippen LogP contribution in [0.15, 0.2) is 66.9 Å². The third-order valence-corrected chi connectivity index (χ3v) is 6.05. The number of methoxy groups -OCH3 is 1. The minimum Gasteiger partial charge on any atom is -0.480 e. The molecule has 1 aliphatic heterocycles. The standard InChI is InChI=1S/C27H24N4O7/c1-36-23(32)14-28-25-24(17-7-8-20-21(12-17)38-15-37-20)30-22-13-18(9-10-31(22)25)26(33)29-19(27(34)35)11-16-5-3-2-4-6-16/h2-10,12-13,19,28H,11,14-15H2,1H3,(H,29,33)(H,34,35). The fraction of sp³-hybridized carbons (Fsp3) is 0.185. The van der Waals surface area contributed by atoms with Crippen molar-refractivity contribution in [1.82, 2.24) is 14.7 Å². The normalized spacial score (nSPS) is 12.7. The number of carbonyl (C=O) groups excluding carboxylic acids is 2. The number of fused-ring (bicyclic) bond motifs is 2. The van der Waals surface area contributed by atoms with E-state index in [1.54, 1.807) is 47.0 Å². The van der Waals surface area contributed by atoms with Gasteiger partial charge < -0.3 is 30.0 Å². The lowest BCUT2D eigenvalue weighted by atomic mass is 10.1. The average molecular weight is 517 g/mol.